The lowest BCUT2D eigenvalue weighted by Gasteiger charge is -2.10. The molecule has 1 aliphatic rings. The number of hydrogen-bond acceptors (Lipinski definition) is 1. The fourth-order valence-electron chi connectivity index (χ4n) is 2.97. The topological polar surface area (TPSA) is 0 Å². The molecule has 23 heavy (non-hydrogen) atoms. The van der Waals surface area contributed by atoms with Crippen molar-refractivity contribution in [3.8, 4) is 0 Å². The van der Waals surface area contributed by atoms with Crippen LogP contribution in [0.5, 0.6) is 0 Å². The van der Waals surface area contributed by atoms with Crippen molar-refractivity contribution < 1.29 is 0 Å². The Morgan fingerprint density at radius 3 is 2.26 bits per heavy atom. The molecule has 112 valence electrons. The zero-order chi connectivity index (χ0) is 15.6. The van der Waals surface area contributed by atoms with Gasteiger partial charge in [-0.25, -0.2) is 0 Å². The van der Waals surface area contributed by atoms with Crippen LogP contribution in [0.15, 0.2) is 82.6 Å². The summed E-state index contributed by atoms with van der Waals surface area (Å²) in [4.78, 5) is 2.68. The standard InChI is InChI=1S/C22H18S/c1-16-10-12-17(13-11-16)14-19-15-18-6-2-4-8-21(18)23-22-9-5-3-7-20(19)22/h2-13,15H,14H2,1H3. The molecule has 0 N–H and O–H groups in total. The molecule has 0 spiro atoms. The van der Waals surface area contributed by atoms with Crippen LogP contribution in [0.25, 0.3) is 11.6 Å². The minimum absolute atomic E-state index is 0.964. The first-order valence-corrected chi connectivity index (χ1v) is 8.74. The van der Waals surface area contributed by atoms with Gasteiger partial charge in [-0.1, -0.05) is 78.0 Å². The summed E-state index contributed by atoms with van der Waals surface area (Å²) in [7, 11) is 0. The van der Waals surface area contributed by atoms with Crippen molar-refractivity contribution in [2.45, 2.75) is 23.1 Å². The maximum absolute atomic E-state index is 2.36. The van der Waals surface area contributed by atoms with E-state index >= 15 is 0 Å². The summed E-state index contributed by atoms with van der Waals surface area (Å²) in [5.74, 6) is 0. The molecule has 3 aromatic rings. The molecule has 0 aromatic heterocycles. The second-order valence-electron chi connectivity index (χ2n) is 5.97. The molecule has 0 unspecified atom stereocenters. The van der Waals surface area contributed by atoms with Crippen molar-refractivity contribution in [2.75, 3.05) is 0 Å². The van der Waals surface area contributed by atoms with Gasteiger partial charge in [-0.15, -0.1) is 0 Å². The Bertz CT molecular complexity index is 872. The first kappa shape index (κ1) is 14.3. The van der Waals surface area contributed by atoms with Crippen LogP contribution in [0.2, 0.25) is 0 Å². The summed E-state index contributed by atoms with van der Waals surface area (Å²) in [5.41, 5.74) is 6.73. The molecule has 0 atom stereocenters. The molecule has 0 aliphatic carbocycles. The van der Waals surface area contributed by atoms with Gasteiger partial charge in [0.15, 0.2) is 0 Å². The monoisotopic (exact) mass is 314 g/mol. The lowest BCUT2D eigenvalue weighted by atomic mass is 9.95. The summed E-state index contributed by atoms with van der Waals surface area (Å²) in [6.07, 6.45) is 3.32. The summed E-state index contributed by atoms with van der Waals surface area (Å²) in [6, 6.07) is 26.3. The van der Waals surface area contributed by atoms with Gasteiger partial charge in [0.25, 0.3) is 0 Å². The van der Waals surface area contributed by atoms with Gasteiger partial charge in [0.2, 0.25) is 0 Å². The van der Waals surface area contributed by atoms with E-state index in [4.69, 9.17) is 0 Å². The Morgan fingerprint density at radius 1 is 0.739 bits per heavy atom. The Hall–Kier alpha value is -2.25. The summed E-state index contributed by atoms with van der Waals surface area (Å²) in [5, 5.41) is 0. The average molecular weight is 314 g/mol. The van der Waals surface area contributed by atoms with Crippen molar-refractivity contribution in [3.05, 3.63) is 95.1 Å². The summed E-state index contributed by atoms with van der Waals surface area (Å²) in [6.45, 7) is 2.14. The maximum atomic E-state index is 2.36. The predicted molar refractivity (Wildman–Crippen MR) is 99.8 cm³/mol. The van der Waals surface area contributed by atoms with Gasteiger partial charge in [0.1, 0.15) is 0 Å². The number of rotatable bonds is 2. The highest BCUT2D eigenvalue weighted by atomic mass is 32.2. The number of benzene rings is 3. The molecular weight excluding hydrogens is 296 g/mol. The van der Waals surface area contributed by atoms with Gasteiger partial charge in [0, 0.05) is 9.79 Å². The highest BCUT2D eigenvalue weighted by Gasteiger charge is 2.15. The van der Waals surface area contributed by atoms with Gasteiger partial charge in [-0.3, -0.25) is 0 Å². The minimum Gasteiger partial charge on any atom is -0.0888 e. The van der Waals surface area contributed by atoms with Crippen molar-refractivity contribution in [2.24, 2.45) is 0 Å². The van der Waals surface area contributed by atoms with Gasteiger partial charge in [-0.05, 0) is 53.8 Å². The Labute approximate surface area is 141 Å². The van der Waals surface area contributed by atoms with E-state index in [-0.39, 0.29) is 0 Å². The average Bonchev–Trinajstić information content (AvgIpc) is 2.73. The third kappa shape index (κ3) is 2.97. The van der Waals surface area contributed by atoms with Crippen molar-refractivity contribution in [1.29, 1.82) is 0 Å². The third-order valence-corrected chi connectivity index (χ3v) is 5.38. The summed E-state index contributed by atoms with van der Waals surface area (Å²) >= 11 is 1.87. The van der Waals surface area contributed by atoms with E-state index in [9.17, 15) is 0 Å². The molecule has 1 heteroatoms. The molecule has 1 aliphatic heterocycles. The van der Waals surface area contributed by atoms with E-state index in [1.807, 2.05) is 11.8 Å². The van der Waals surface area contributed by atoms with Crippen LogP contribution in [0.3, 0.4) is 0 Å². The van der Waals surface area contributed by atoms with Crippen LogP contribution >= 0.6 is 11.8 Å². The zero-order valence-corrected chi connectivity index (χ0v) is 13.9. The highest BCUT2D eigenvalue weighted by Crippen LogP contribution is 2.41. The maximum Gasteiger partial charge on any atom is 0.0197 e. The summed E-state index contributed by atoms with van der Waals surface area (Å²) < 4.78 is 0. The molecule has 0 radical (unpaired) electrons. The van der Waals surface area contributed by atoms with Gasteiger partial charge in [-0.2, -0.15) is 0 Å². The Morgan fingerprint density at radius 2 is 1.43 bits per heavy atom. The van der Waals surface area contributed by atoms with Crippen LogP contribution in [-0.4, -0.2) is 0 Å². The molecule has 0 nitrogen and oxygen atoms in total. The molecule has 1 heterocycles. The molecule has 0 fully saturated rings. The quantitative estimate of drug-likeness (QED) is 0.539. The minimum atomic E-state index is 0.964. The SMILES string of the molecule is Cc1ccc(CC2=Cc3ccccc3Sc3ccccc32)cc1. The van der Waals surface area contributed by atoms with Gasteiger partial charge >= 0.3 is 0 Å². The van der Waals surface area contributed by atoms with E-state index in [1.54, 1.807) is 0 Å². The van der Waals surface area contributed by atoms with E-state index in [1.165, 1.54) is 37.6 Å². The first-order chi connectivity index (χ1) is 11.3. The first-order valence-electron chi connectivity index (χ1n) is 7.92. The fraction of sp³-hybridized carbons (Fsp3) is 0.0909. The normalized spacial score (nSPS) is 12.8. The number of allylic oxidation sites excluding steroid dienone is 1. The Kier molecular flexibility index (Phi) is 3.80. The van der Waals surface area contributed by atoms with Crippen molar-refractivity contribution in [3.63, 3.8) is 0 Å². The van der Waals surface area contributed by atoms with Gasteiger partial charge < -0.3 is 0 Å². The molecule has 0 saturated heterocycles. The lowest BCUT2D eigenvalue weighted by Crippen LogP contribution is -1.92. The van der Waals surface area contributed by atoms with Crippen LogP contribution in [0, 0.1) is 6.92 Å². The fourth-order valence-corrected chi connectivity index (χ4v) is 4.05. The number of fused-ring (bicyclic) bond motifs is 2. The van der Waals surface area contributed by atoms with E-state index < -0.39 is 0 Å². The van der Waals surface area contributed by atoms with Crippen LogP contribution in [0.1, 0.15) is 22.3 Å². The highest BCUT2D eigenvalue weighted by molar-refractivity contribution is 7.99. The van der Waals surface area contributed by atoms with E-state index in [0.29, 0.717) is 0 Å². The lowest BCUT2D eigenvalue weighted by molar-refractivity contribution is 1.25. The van der Waals surface area contributed by atoms with Crippen LogP contribution in [0.4, 0.5) is 0 Å². The van der Waals surface area contributed by atoms with Gasteiger partial charge in [0.05, 0.1) is 0 Å². The zero-order valence-electron chi connectivity index (χ0n) is 13.1. The molecule has 0 saturated carbocycles. The Balaban J connectivity index is 1.82. The van der Waals surface area contributed by atoms with Crippen LogP contribution < -0.4 is 0 Å². The molecule has 3 aromatic carbocycles. The van der Waals surface area contributed by atoms with E-state index in [2.05, 4.69) is 85.8 Å². The predicted octanol–water partition coefficient (Wildman–Crippen LogP) is 6.24. The molecule has 0 bridgehead atoms. The van der Waals surface area contributed by atoms with E-state index in [0.717, 1.165) is 6.42 Å². The molecule has 4 rings (SSSR count). The number of aryl methyl sites for hydroxylation is 1. The smallest absolute Gasteiger partial charge is 0.0197 e. The van der Waals surface area contributed by atoms with Crippen molar-refractivity contribution in [1.82, 2.24) is 0 Å². The second kappa shape index (κ2) is 6.10. The van der Waals surface area contributed by atoms with Crippen LogP contribution in [-0.2, 0) is 6.42 Å². The van der Waals surface area contributed by atoms with Crippen molar-refractivity contribution >= 4 is 23.4 Å². The molecular formula is C22H18S. The second-order valence-corrected chi connectivity index (χ2v) is 7.05. The third-order valence-electron chi connectivity index (χ3n) is 4.22. The largest absolute Gasteiger partial charge is 0.0888 e. The number of hydrogen-bond donors (Lipinski definition) is 0. The molecule has 0 amide bonds.